The Bertz CT molecular complexity index is 785. The van der Waals surface area contributed by atoms with Crippen molar-refractivity contribution in [2.75, 3.05) is 11.6 Å². The zero-order chi connectivity index (χ0) is 16.6. The van der Waals surface area contributed by atoms with Crippen molar-refractivity contribution in [1.82, 2.24) is 0 Å². The van der Waals surface area contributed by atoms with Gasteiger partial charge in [0.1, 0.15) is 4.75 Å². The van der Waals surface area contributed by atoms with Gasteiger partial charge >= 0.3 is 0 Å². The minimum atomic E-state index is -3.86. The van der Waals surface area contributed by atoms with E-state index in [9.17, 15) is 21.6 Å². The van der Waals surface area contributed by atoms with E-state index in [1.54, 1.807) is 0 Å². The molecule has 0 heterocycles. The van der Waals surface area contributed by atoms with Crippen LogP contribution in [-0.2, 0) is 24.7 Å². The van der Waals surface area contributed by atoms with Crippen molar-refractivity contribution in [3.05, 3.63) is 22.7 Å². The minimum absolute atomic E-state index is 0.130. The van der Waals surface area contributed by atoms with E-state index in [0.717, 1.165) is 6.26 Å². The predicted octanol–water partition coefficient (Wildman–Crippen LogP) is 0.858. The normalized spacial score (nSPS) is 13.0. The minimum Gasteiger partial charge on any atom is -0.324 e. The van der Waals surface area contributed by atoms with Gasteiger partial charge in [0, 0.05) is 10.7 Å². The number of benzene rings is 1. The summed E-state index contributed by atoms with van der Waals surface area (Å²) in [5.74, 6) is -0.728. The van der Waals surface area contributed by atoms with Crippen LogP contribution in [0.4, 0.5) is 5.69 Å². The second kappa shape index (κ2) is 5.67. The number of nitrogens with two attached hydrogens (primary N) is 1. The van der Waals surface area contributed by atoms with Crippen molar-refractivity contribution in [1.29, 1.82) is 0 Å². The molecule has 0 aliphatic heterocycles. The maximum absolute atomic E-state index is 12.1. The Morgan fingerprint density at radius 3 is 2.14 bits per heavy atom. The Morgan fingerprint density at radius 2 is 1.76 bits per heavy atom. The van der Waals surface area contributed by atoms with Crippen LogP contribution in [0, 0.1) is 0 Å². The number of amides is 1. The number of nitrogens with one attached hydrogen (secondary N) is 1. The third-order valence-corrected chi connectivity index (χ3v) is 6.60. The van der Waals surface area contributed by atoms with E-state index in [-0.39, 0.29) is 15.1 Å². The Kier molecular flexibility index (Phi) is 4.88. The molecule has 0 fully saturated rings. The molecule has 0 bridgehead atoms. The molecular weight excluding hydrogens is 384 g/mol. The first-order valence-corrected chi connectivity index (χ1v) is 9.83. The first kappa shape index (κ1) is 18.1. The Morgan fingerprint density at radius 1 is 1.24 bits per heavy atom. The number of sulfone groups is 1. The van der Waals surface area contributed by atoms with E-state index < -0.39 is 30.5 Å². The number of carbonyl (C=O) groups excluding carboxylic acids is 1. The second-order valence-electron chi connectivity index (χ2n) is 4.92. The number of primary sulfonamides is 1. The van der Waals surface area contributed by atoms with Crippen LogP contribution in [-0.4, -0.2) is 33.7 Å². The molecule has 0 radical (unpaired) electrons. The molecule has 3 N–H and O–H groups in total. The molecule has 7 nitrogen and oxygen atoms in total. The first-order valence-electron chi connectivity index (χ1n) is 5.60. The summed E-state index contributed by atoms with van der Waals surface area (Å²) in [5.41, 5.74) is 0.240. The van der Waals surface area contributed by atoms with Gasteiger partial charge in [-0.3, -0.25) is 4.79 Å². The average Bonchev–Trinajstić information content (AvgIpc) is 2.28. The van der Waals surface area contributed by atoms with Gasteiger partial charge < -0.3 is 5.32 Å². The lowest BCUT2D eigenvalue weighted by molar-refractivity contribution is -0.117. The van der Waals surface area contributed by atoms with Gasteiger partial charge in [-0.15, -0.1) is 0 Å². The molecule has 0 atom stereocenters. The van der Waals surface area contributed by atoms with Gasteiger partial charge in [0.15, 0.2) is 9.84 Å². The molecule has 0 unspecified atom stereocenters. The summed E-state index contributed by atoms with van der Waals surface area (Å²) in [7, 11) is -7.47. The number of rotatable bonds is 4. The van der Waals surface area contributed by atoms with E-state index in [1.165, 1.54) is 32.0 Å². The molecule has 0 aromatic heterocycles. The summed E-state index contributed by atoms with van der Waals surface area (Å²) in [6.45, 7) is 2.56. The van der Waals surface area contributed by atoms with Crippen LogP contribution in [0.5, 0.6) is 0 Å². The fourth-order valence-corrected chi connectivity index (χ4v) is 2.77. The lowest BCUT2D eigenvalue weighted by Crippen LogP contribution is -2.43. The number of hydrogen-bond donors (Lipinski definition) is 2. The van der Waals surface area contributed by atoms with Crippen LogP contribution in [0.3, 0.4) is 0 Å². The summed E-state index contributed by atoms with van der Waals surface area (Å²) in [4.78, 5) is 11.9. The molecule has 0 aliphatic rings. The SMILES string of the molecule is CC(C)(C(=O)Nc1ccc(S(N)(=O)=O)cc1Br)S(C)(=O)=O. The Labute approximate surface area is 132 Å². The van der Waals surface area contributed by atoms with E-state index in [4.69, 9.17) is 5.14 Å². The monoisotopic (exact) mass is 398 g/mol. The van der Waals surface area contributed by atoms with Gasteiger partial charge in [-0.2, -0.15) is 0 Å². The van der Waals surface area contributed by atoms with Gasteiger partial charge in [-0.05, 0) is 48.0 Å². The molecule has 1 aromatic carbocycles. The summed E-state index contributed by atoms with van der Waals surface area (Å²) in [5, 5.41) is 7.42. The van der Waals surface area contributed by atoms with E-state index in [0.29, 0.717) is 0 Å². The summed E-state index contributed by atoms with van der Waals surface area (Å²) in [6.07, 6.45) is 0.964. The van der Waals surface area contributed by atoms with Gasteiger partial charge in [-0.25, -0.2) is 22.0 Å². The zero-order valence-corrected chi connectivity index (χ0v) is 14.8. The maximum Gasteiger partial charge on any atom is 0.245 e. The van der Waals surface area contributed by atoms with E-state index in [1.807, 2.05) is 0 Å². The predicted molar refractivity (Wildman–Crippen MR) is 83.1 cm³/mol. The molecule has 0 spiro atoms. The third-order valence-electron chi connectivity index (χ3n) is 2.99. The molecule has 10 heteroatoms. The number of halogens is 1. The molecule has 0 aliphatic carbocycles. The topological polar surface area (TPSA) is 123 Å². The smallest absolute Gasteiger partial charge is 0.245 e. The van der Waals surface area contributed by atoms with Crippen molar-refractivity contribution in [3.8, 4) is 0 Å². The molecule has 21 heavy (non-hydrogen) atoms. The molecule has 0 saturated carbocycles. The Balaban J connectivity index is 3.14. The standard InChI is InChI=1S/C11H15BrN2O5S2/c1-11(2,20(3,16)17)10(15)14-9-5-4-7(6-8(9)12)21(13,18)19/h4-6H,1-3H3,(H,14,15)(H2,13,18,19). The van der Waals surface area contributed by atoms with E-state index >= 15 is 0 Å². The van der Waals surface area contributed by atoms with Crippen LogP contribution in [0.15, 0.2) is 27.6 Å². The van der Waals surface area contributed by atoms with Crippen molar-refractivity contribution in [2.45, 2.75) is 23.5 Å². The highest BCUT2D eigenvalue weighted by molar-refractivity contribution is 9.10. The number of carbonyl (C=O) groups is 1. The molecule has 1 aromatic rings. The highest BCUT2D eigenvalue weighted by Crippen LogP contribution is 2.27. The Hall–Kier alpha value is -0.970. The highest BCUT2D eigenvalue weighted by atomic mass is 79.9. The molecule has 1 amide bonds. The number of sulfonamides is 1. The number of hydrogen-bond acceptors (Lipinski definition) is 5. The van der Waals surface area contributed by atoms with Gasteiger partial charge in [-0.1, -0.05) is 0 Å². The average molecular weight is 399 g/mol. The van der Waals surface area contributed by atoms with Crippen LogP contribution in [0.25, 0.3) is 0 Å². The molecule has 118 valence electrons. The number of anilines is 1. The van der Waals surface area contributed by atoms with Gasteiger partial charge in [0.25, 0.3) is 0 Å². The van der Waals surface area contributed by atoms with Crippen molar-refractivity contribution >= 4 is 47.4 Å². The van der Waals surface area contributed by atoms with Crippen LogP contribution >= 0.6 is 15.9 Å². The van der Waals surface area contributed by atoms with Crippen LogP contribution in [0.2, 0.25) is 0 Å². The largest absolute Gasteiger partial charge is 0.324 e. The maximum atomic E-state index is 12.1. The van der Waals surface area contributed by atoms with Crippen molar-refractivity contribution in [2.24, 2.45) is 5.14 Å². The summed E-state index contributed by atoms with van der Waals surface area (Å²) < 4.78 is 44.2. The quantitative estimate of drug-likeness (QED) is 0.777. The third kappa shape index (κ3) is 4.02. The fraction of sp³-hybridized carbons (Fsp3) is 0.364. The van der Waals surface area contributed by atoms with Crippen LogP contribution in [0.1, 0.15) is 13.8 Å². The highest BCUT2D eigenvalue weighted by Gasteiger charge is 2.38. The van der Waals surface area contributed by atoms with Crippen LogP contribution < -0.4 is 10.5 Å². The lowest BCUT2D eigenvalue weighted by Gasteiger charge is -2.21. The van der Waals surface area contributed by atoms with E-state index in [2.05, 4.69) is 21.2 Å². The second-order valence-corrected chi connectivity index (χ2v) is 9.90. The molecular formula is C11H15BrN2O5S2. The van der Waals surface area contributed by atoms with Gasteiger partial charge in [0.05, 0.1) is 10.6 Å². The summed E-state index contributed by atoms with van der Waals surface area (Å²) >= 11 is 3.10. The van der Waals surface area contributed by atoms with Crippen molar-refractivity contribution in [3.63, 3.8) is 0 Å². The molecule has 1 rings (SSSR count). The van der Waals surface area contributed by atoms with Gasteiger partial charge in [0.2, 0.25) is 15.9 Å². The molecule has 0 saturated heterocycles. The summed E-state index contributed by atoms with van der Waals surface area (Å²) in [6, 6.07) is 3.75. The fourth-order valence-electron chi connectivity index (χ4n) is 1.22. The lowest BCUT2D eigenvalue weighted by atomic mass is 10.2. The zero-order valence-electron chi connectivity index (χ0n) is 11.5. The first-order chi connectivity index (χ1) is 9.26. The van der Waals surface area contributed by atoms with Crippen molar-refractivity contribution < 1.29 is 21.6 Å².